The van der Waals surface area contributed by atoms with Crippen LogP contribution >= 0.6 is 15.6 Å². The molecule has 19 heteroatoms. The zero-order valence-corrected chi connectivity index (χ0v) is 40.7. The molecule has 0 aromatic heterocycles. The van der Waals surface area contributed by atoms with E-state index in [1.807, 2.05) is 49.5 Å². The van der Waals surface area contributed by atoms with Gasteiger partial charge in [-0.3, -0.25) is 23.2 Å². The predicted molar refractivity (Wildman–Crippen MR) is 252 cm³/mol. The molecule has 0 amide bonds. The van der Waals surface area contributed by atoms with Crippen molar-refractivity contribution in [2.45, 2.75) is 198 Å². The molecule has 1 rings (SSSR count). The Morgan fingerprint density at radius 1 is 0.561 bits per heavy atom. The second-order valence-corrected chi connectivity index (χ2v) is 18.9. The summed E-state index contributed by atoms with van der Waals surface area (Å²) in [5, 5.41) is 50.7. The SMILES string of the molecule is CCCCCC/C=C\CCCCCCCCCC(=O)OC[C@H](COP(=O)(O)O[C@H]1C(O)C(O)C(O)[C@@H](OP(=O)(O)O)C1O)OC(=O)CCC/C=C\C/C=C\C/C=C\C/C=C\C=C\[C@H](O)CC. The highest BCUT2D eigenvalue weighted by molar-refractivity contribution is 7.47. The highest BCUT2D eigenvalue weighted by Gasteiger charge is 2.54. The van der Waals surface area contributed by atoms with Crippen LogP contribution in [0.2, 0.25) is 0 Å². The molecule has 66 heavy (non-hydrogen) atoms. The summed E-state index contributed by atoms with van der Waals surface area (Å²) in [5.74, 6) is -1.30. The topological polar surface area (TPSA) is 276 Å². The minimum Gasteiger partial charge on any atom is -0.462 e. The normalized spacial score (nSPS) is 22.6. The van der Waals surface area contributed by atoms with E-state index in [0.717, 1.165) is 64.2 Å². The molecule has 8 N–H and O–H groups in total. The molecule has 0 aromatic rings. The minimum absolute atomic E-state index is 0.0520. The molecular formula is C47H80O17P2. The van der Waals surface area contributed by atoms with E-state index in [2.05, 4.69) is 35.8 Å². The van der Waals surface area contributed by atoms with Gasteiger partial charge in [-0.1, -0.05) is 138 Å². The number of carbonyl (C=O) groups excluding carboxylic acids is 2. The first kappa shape index (κ1) is 61.4. The number of hydrogen-bond donors (Lipinski definition) is 8. The Morgan fingerprint density at radius 3 is 1.65 bits per heavy atom. The second kappa shape index (κ2) is 37.3. The lowest BCUT2D eigenvalue weighted by Crippen LogP contribution is -2.64. The van der Waals surface area contributed by atoms with Crippen LogP contribution in [0.25, 0.3) is 0 Å². The number of allylic oxidation sites excluding steroid dienone is 11. The van der Waals surface area contributed by atoms with Gasteiger partial charge in [0.05, 0.1) is 12.7 Å². The Balaban J connectivity index is 2.65. The number of unbranched alkanes of at least 4 members (excludes halogenated alkanes) is 12. The van der Waals surface area contributed by atoms with Crippen molar-refractivity contribution >= 4 is 27.6 Å². The second-order valence-electron chi connectivity index (χ2n) is 16.3. The van der Waals surface area contributed by atoms with Crippen molar-refractivity contribution < 1.29 is 82.0 Å². The molecule has 0 radical (unpaired) electrons. The summed E-state index contributed by atoms with van der Waals surface area (Å²) in [6.07, 6.45) is 26.7. The third kappa shape index (κ3) is 31.4. The van der Waals surface area contributed by atoms with Gasteiger partial charge in [-0.05, 0) is 70.6 Å². The summed E-state index contributed by atoms with van der Waals surface area (Å²) in [6, 6.07) is 0. The van der Waals surface area contributed by atoms with Crippen LogP contribution in [0.4, 0.5) is 0 Å². The van der Waals surface area contributed by atoms with E-state index >= 15 is 0 Å². The van der Waals surface area contributed by atoms with Crippen molar-refractivity contribution in [2.24, 2.45) is 0 Å². The van der Waals surface area contributed by atoms with Crippen molar-refractivity contribution in [1.29, 1.82) is 0 Å². The van der Waals surface area contributed by atoms with E-state index in [1.165, 1.54) is 25.7 Å². The lowest BCUT2D eigenvalue weighted by molar-refractivity contribution is -0.216. The summed E-state index contributed by atoms with van der Waals surface area (Å²) in [5.41, 5.74) is 0. The maximum Gasteiger partial charge on any atom is 0.472 e. The molecular weight excluding hydrogens is 898 g/mol. The van der Waals surface area contributed by atoms with Gasteiger partial charge in [-0.15, -0.1) is 0 Å². The molecule has 5 unspecified atom stereocenters. The fraction of sp³-hybridized carbons (Fsp3) is 0.702. The lowest BCUT2D eigenvalue weighted by atomic mass is 9.85. The Hall–Kier alpha value is -2.60. The summed E-state index contributed by atoms with van der Waals surface area (Å²) in [4.78, 5) is 54.2. The van der Waals surface area contributed by atoms with Crippen LogP contribution in [0.15, 0.2) is 72.9 Å². The predicted octanol–water partition coefficient (Wildman–Crippen LogP) is 7.81. The van der Waals surface area contributed by atoms with E-state index in [-0.39, 0.29) is 12.8 Å². The highest BCUT2D eigenvalue weighted by Crippen LogP contribution is 2.49. The van der Waals surface area contributed by atoms with Crippen LogP contribution in [-0.4, -0.2) is 114 Å². The van der Waals surface area contributed by atoms with E-state index in [0.29, 0.717) is 32.1 Å². The molecule has 1 fully saturated rings. The van der Waals surface area contributed by atoms with Gasteiger partial charge in [0.2, 0.25) is 0 Å². The molecule has 0 aliphatic heterocycles. The van der Waals surface area contributed by atoms with Gasteiger partial charge in [0.1, 0.15) is 43.2 Å². The fourth-order valence-corrected chi connectivity index (χ4v) is 8.13. The Morgan fingerprint density at radius 2 is 1.06 bits per heavy atom. The average molecular weight is 979 g/mol. The van der Waals surface area contributed by atoms with Crippen LogP contribution in [0, 0.1) is 0 Å². The number of carbonyl (C=O) groups is 2. The minimum atomic E-state index is -5.38. The van der Waals surface area contributed by atoms with Gasteiger partial charge >= 0.3 is 27.6 Å². The molecule has 1 aliphatic carbocycles. The van der Waals surface area contributed by atoms with Gasteiger partial charge in [-0.25, -0.2) is 9.13 Å². The average Bonchev–Trinajstić information content (AvgIpc) is 3.27. The zero-order valence-electron chi connectivity index (χ0n) is 39.0. The smallest absolute Gasteiger partial charge is 0.462 e. The number of phosphoric ester groups is 2. The summed E-state index contributed by atoms with van der Waals surface area (Å²) >= 11 is 0. The molecule has 0 heterocycles. The number of aliphatic hydroxyl groups excluding tert-OH is 5. The molecule has 0 bridgehead atoms. The zero-order chi connectivity index (χ0) is 49.1. The van der Waals surface area contributed by atoms with Crippen LogP contribution in [0.5, 0.6) is 0 Å². The van der Waals surface area contributed by atoms with E-state index in [1.54, 1.807) is 6.08 Å². The first-order chi connectivity index (χ1) is 31.5. The number of hydrogen-bond acceptors (Lipinski definition) is 14. The Bertz CT molecular complexity index is 1570. The molecule has 0 spiro atoms. The van der Waals surface area contributed by atoms with Gasteiger partial charge in [0.25, 0.3) is 0 Å². The number of rotatable bonds is 38. The van der Waals surface area contributed by atoms with Crippen LogP contribution in [0.1, 0.15) is 149 Å². The molecule has 17 nitrogen and oxygen atoms in total. The Labute approximate surface area is 392 Å². The maximum absolute atomic E-state index is 13.0. The van der Waals surface area contributed by atoms with Crippen LogP contribution in [0.3, 0.4) is 0 Å². The van der Waals surface area contributed by atoms with Crippen molar-refractivity contribution in [1.82, 2.24) is 0 Å². The van der Waals surface area contributed by atoms with E-state index in [4.69, 9.17) is 18.5 Å². The van der Waals surface area contributed by atoms with Crippen molar-refractivity contribution in [2.75, 3.05) is 13.2 Å². The first-order valence-corrected chi connectivity index (χ1v) is 26.6. The molecule has 380 valence electrons. The first-order valence-electron chi connectivity index (χ1n) is 23.6. The third-order valence-corrected chi connectivity index (χ3v) is 11.9. The van der Waals surface area contributed by atoms with Crippen LogP contribution < -0.4 is 0 Å². The highest BCUT2D eigenvalue weighted by atomic mass is 31.2. The lowest BCUT2D eigenvalue weighted by Gasteiger charge is -2.43. The number of ether oxygens (including phenoxy) is 2. The largest absolute Gasteiger partial charge is 0.472 e. The monoisotopic (exact) mass is 978 g/mol. The fourth-order valence-electron chi connectivity index (χ4n) is 6.59. The van der Waals surface area contributed by atoms with Crippen molar-refractivity contribution in [3.8, 4) is 0 Å². The van der Waals surface area contributed by atoms with Crippen molar-refractivity contribution in [3.63, 3.8) is 0 Å². The summed E-state index contributed by atoms with van der Waals surface area (Å²) < 4.78 is 49.3. The van der Waals surface area contributed by atoms with E-state index in [9.17, 15) is 58.9 Å². The quantitative estimate of drug-likeness (QED) is 0.00963. The van der Waals surface area contributed by atoms with Gasteiger partial charge in [0, 0.05) is 12.8 Å². The van der Waals surface area contributed by atoms with Crippen molar-refractivity contribution in [3.05, 3.63) is 72.9 Å². The maximum atomic E-state index is 13.0. The van der Waals surface area contributed by atoms with Crippen LogP contribution in [-0.2, 0) is 41.8 Å². The number of aliphatic hydroxyl groups is 5. The Kier molecular flexibility index (Phi) is 34.7. The molecule has 0 saturated heterocycles. The third-order valence-electron chi connectivity index (χ3n) is 10.4. The van der Waals surface area contributed by atoms with E-state index < -0.39 is 89.6 Å². The summed E-state index contributed by atoms with van der Waals surface area (Å²) in [6.45, 7) is 2.71. The molecule has 1 saturated carbocycles. The standard InChI is InChI=1S/C47H80O17P2/c1-3-5-6-7-8-9-10-11-12-16-19-22-25-28-31-34-40(49)60-36-39(37-61-66(58,59)64-47-44(53)42(51)43(52)46(45(47)54)63-65(55,56)57)62-41(50)35-32-29-26-23-20-17-14-13-15-18-21-24-27-30-33-38(48)4-2/h9-10,14-15,17-18,23-24,26-27,30,33,38-39,42-48,51-54H,3-8,11-13,16,19-22,25,28-29,31-32,34-37H2,1-2H3,(H,58,59)(H2,55,56,57)/b10-9-,17-14-,18-15-,26-23-,27-24-,33-30+/t38-,39-,42?,43?,44?,45?,46-,47+/m1/s1. The molecule has 0 aromatic carbocycles. The van der Waals surface area contributed by atoms with Gasteiger partial charge < -0.3 is 49.7 Å². The van der Waals surface area contributed by atoms with Gasteiger partial charge in [-0.2, -0.15) is 0 Å². The summed E-state index contributed by atoms with van der Waals surface area (Å²) in [7, 11) is -10.7. The molecule has 1 aliphatic rings. The molecule has 9 atom stereocenters. The van der Waals surface area contributed by atoms with Gasteiger partial charge in [0.15, 0.2) is 6.10 Å². The number of esters is 2. The number of phosphoric acid groups is 2.